The lowest BCUT2D eigenvalue weighted by molar-refractivity contribution is -0.181. The summed E-state index contributed by atoms with van der Waals surface area (Å²) in [5.74, 6) is -9.60. The molecule has 9 heteroatoms. The number of carbonyl (C=O) groups is 5. The fraction of sp³-hybridized carbons (Fsp3) is 0.593. The first-order valence-corrected chi connectivity index (χ1v) is 12.5. The van der Waals surface area contributed by atoms with E-state index in [1.54, 1.807) is 20.2 Å². The summed E-state index contributed by atoms with van der Waals surface area (Å²) < 4.78 is 0. The molecule has 0 heterocycles. The average molecular weight is 499 g/mol. The molecule has 194 valence electrons. The number of Topliss-reactive ketones (excluding diaryl/α,β-unsaturated/α-hetero) is 4. The molecular formula is C27H34N2O7. The molecule has 4 N–H and O–H groups in total. The molecule has 0 aromatic heterocycles. The van der Waals surface area contributed by atoms with Crippen molar-refractivity contribution >= 4 is 29.0 Å². The first kappa shape index (κ1) is 26.2. The second-order valence-electron chi connectivity index (χ2n) is 11.2. The van der Waals surface area contributed by atoms with Crippen LogP contribution in [0.5, 0.6) is 5.75 Å². The van der Waals surface area contributed by atoms with Crippen molar-refractivity contribution in [3.05, 3.63) is 28.8 Å². The Hall–Kier alpha value is -2.91. The van der Waals surface area contributed by atoms with Crippen LogP contribution in [-0.4, -0.2) is 69.9 Å². The van der Waals surface area contributed by atoms with E-state index in [0.717, 1.165) is 18.4 Å². The van der Waals surface area contributed by atoms with Crippen molar-refractivity contribution in [2.75, 3.05) is 14.1 Å². The number of hydrogen-bond acceptors (Lipinski definition) is 8. The Kier molecular flexibility index (Phi) is 6.68. The minimum absolute atomic E-state index is 0.0589. The number of aryl methyl sites for hydroxylation is 1. The largest absolute Gasteiger partial charge is 0.507 e. The predicted molar refractivity (Wildman–Crippen MR) is 129 cm³/mol. The molecule has 1 amide bonds. The molecule has 0 saturated heterocycles. The van der Waals surface area contributed by atoms with Crippen LogP contribution >= 0.6 is 0 Å². The number of aliphatic hydroxyl groups is 1. The van der Waals surface area contributed by atoms with Crippen LogP contribution in [0.2, 0.25) is 0 Å². The molecule has 3 aliphatic carbocycles. The third-order valence-electron chi connectivity index (χ3n) is 8.27. The first-order chi connectivity index (χ1) is 16.8. The number of likely N-dealkylation sites (N-methyl/N-ethyl adjacent to an activating group) is 1. The fourth-order valence-corrected chi connectivity index (χ4v) is 6.60. The molecule has 2 saturated carbocycles. The van der Waals surface area contributed by atoms with E-state index in [1.807, 2.05) is 0 Å². The van der Waals surface area contributed by atoms with Crippen molar-refractivity contribution < 1.29 is 34.2 Å². The summed E-state index contributed by atoms with van der Waals surface area (Å²) in [6.45, 7) is 4.26. The highest BCUT2D eigenvalue weighted by molar-refractivity contribution is 6.32. The van der Waals surface area contributed by atoms with Crippen LogP contribution in [0.25, 0.3) is 0 Å². The molecule has 0 radical (unpaired) electrons. The minimum Gasteiger partial charge on any atom is -0.507 e. The van der Waals surface area contributed by atoms with Crippen molar-refractivity contribution in [3.63, 3.8) is 0 Å². The third kappa shape index (κ3) is 3.80. The molecule has 6 atom stereocenters. The maximum atomic E-state index is 13.8. The lowest BCUT2D eigenvalue weighted by Gasteiger charge is -2.52. The quantitative estimate of drug-likeness (QED) is 0.488. The van der Waals surface area contributed by atoms with Gasteiger partial charge in [0.25, 0.3) is 0 Å². The lowest BCUT2D eigenvalue weighted by atomic mass is 9.52. The van der Waals surface area contributed by atoms with E-state index in [-0.39, 0.29) is 17.7 Å². The van der Waals surface area contributed by atoms with Gasteiger partial charge in [0.1, 0.15) is 5.75 Å². The SMILES string of the molecule is CC(C)CCCc1ccc(O)c2c1C[C@@H]1C[C@@H]3[C@@H](N(C)C)C(=O)C(C(N)=O)C(=O)[C@]3(O)C(=O)C1C2=O. The second kappa shape index (κ2) is 9.19. The molecule has 2 fully saturated rings. The molecule has 2 unspecified atom stereocenters. The maximum absolute atomic E-state index is 13.8. The maximum Gasteiger partial charge on any atom is 0.235 e. The molecule has 4 rings (SSSR count). The molecule has 1 aromatic carbocycles. The molecule has 1 aromatic rings. The van der Waals surface area contributed by atoms with Gasteiger partial charge in [0.05, 0.1) is 17.5 Å². The van der Waals surface area contributed by atoms with Crippen LogP contribution in [0.4, 0.5) is 0 Å². The zero-order valence-corrected chi connectivity index (χ0v) is 21.1. The van der Waals surface area contributed by atoms with Gasteiger partial charge in [-0.1, -0.05) is 26.3 Å². The van der Waals surface area contributed by atoms with Crippen molar-refractivity contribution in [1.82, 2.24) is 4.90 Å². The van der Waals surface area contributed by atoms with E-state index in [1.165, 1.54) is 11.0 Å². The average Bonchev–Trinajstić information content (AvgIpc) is 2.77. The molecule has 36 heavy (non-hydrogen) atoms. The normalized spacial score (nSPS) is 31.9. The zero-order valence-electron chi connectivity index (χ0n) is 21.1. The molecule has 9 nitrogen and oxygen atoms in total. The number of hydrogen-bond donors (Lipinski definition) is 3. The monoisotopic (exact) mass is 498 g/mol. The number of ketones is 4. The summed E-state index contributed by atoms with van der Waals surface area (Å²) in [5, 5.41) is 22.2. The van der Waals surface area contributed by atoms with Gasteiger partial charge < -0.3 is 15.9 Å². The van der Waals surface area contributed by atoms with E-state index >= 15 is 0 Å². The number of aromatic hydroxyl groups is 1. The number of nitrogens with two attached hydrogens (primary N) is 1. The highest BCUT2D eigenvalue weighted by Crippen LogP contribution is 2.51. The molecule has 3 aliphatic rings. The Morgan fingerprint density at radius 1 is 1.17 bits per heavy atom. The number of nitrogens with zero attached hydrogens (tertiary/aromatic N) is 1. The summed E-state index contributed by atoms with van der Waals surface area (Å²) >= 11 is 0. The van der Waals surface area contributed by atoms with E-state index in [4.69, 9.17) is 5.73 Å². The highest BCUT2D eigenvalue weighted by Gasteiger charge is 2.69. The van der Waals surface area contributed by atoms with Gasteiger partial charge in [-0.05, 0) is 68.8 Å². The van der Waals surface area contributed by atoms with E-state index < -0.39 is 64.4 Å². The van der Waals surface area contributed by atoms with Crippen LogP contribution in [-0.2, 0) is 32.0 Å². The van der Waals surface area contributed by atoms with Gasteiger partial charge in [-0.25, -0.2) is 0 Å². The summed E-state index contributed by atoms with van der Waals surface area (Å²) in [4.78, 5) is 67.3. The summed E-state index contributed by atoms with van der Waals surface area (Å²) in [6.07, 6.45) is 2.98. The number of fused-ring (bicyclic) bond motifs is 3. The van der Waals surface area contributed by atoms with Gasteiger partial charge in [0, 0.05) is 5.92 Å². The van der Waals surface area contributed by atoms with Crippen LogP contribution < -0.4 is 5.73 Å². The standard InChI is InChI=1S/C27H34N2O7/c1-12(2)6-5-7-13-8-9-17(30)19-15(13)10-14-11-16-21(29(3)4)23(32)20(26(28)35)25(34)27(16,36)24(33)18(14)22(19)31/h8-9,12,14,16,18,20-21,30,36H,5-7,10-11H2,1-4H3,(H2,28,35)/t14-,16-,18?,20?,21-,27-/m1/s1. The smallest absolute Gasteiger partial charge is 0.235 e. The lowest BCUT2D eigenvalue weighted by Crippen LogP contribution is -2.74. The third-order valence-corrected chi connectivity index (χ3v) is 8.27. The number of rotatable bonds is 6. The number of carbonyl (C=O) groups excluding carboxylic acids is 5. The zero-order chi connectivity index (χ0) is 26.7. The summed E-state index contributed by atoms with van der Waals surface area (Å²) in [6, 6.07) is 2.15. The molecular weight excluding hydrogens is 464 g/mol. The Labute approximate surface area is 210 Å². The number of benzene rings is 1. The van der Waals surface area contributed by atoms with Crippen molar-refractivity contribution in [2.24, 2.45) is 35.3 Å². The van der Waals surface area contributed by atoms with Crippen molar-refractivity contribution in [1.29, 1.82) is 0 Å². The number of amides is 1. The number of phenols is 1. The van der Waals surface area contributed by atoms with Crippen LogP contribution in [0.15, 0.2) is 12.1 Å². The van der Waals surface area contributed by atoms with Crippen LogP contribution in [0.1, 0.15) is 54.6 Å². The first-order valence-electron chi connectivity index (χ1n) is 12.5. The highest BCUT2D eigenvalue weighted by atomic mass is 16.3. The minimum atomic E-state index is -2.69. The van der Waals surface area contributed by atoms with E-state index in [2.05, 4.69) is 13.8 Å². The van der Waals surface area contributed by atoms with Crippen LogP contribution in [0.3, 0.4) is 0 Å². The molecule has 0 bridgehead atoms. The second-order valence-corrected chi connectivity index (χ2v) is 11.2. The van der Waals surface area contributed by atoms with Gasteiger partial charge in [-0.3, -0.25) is 28.9 Å². The topological polar surface area (TPSA) is 155 Å². The van der Waals surface area contributed by atoms with Gasteiger partial charge in [0.15, 0.2) is 34.7 Å². The molecule has 0 spiro atoms. The summed E-state index contributed by atoms with van der Waals surface area (Å²) in [7, 11) is 3.14. The predicted octanol–water partition coefficient (Wildman–Crippen LogP) is 0.846. The van der Waals surface area contributed by atoms with Crippen molar-refractivity contribution in [3.8, 4) is 5.75 Å². The fourth-order valence-electron chi connectivity index (χ4n) is 6.60. The van der Waals surface area contributed by atoms with E-state index in [9.17, 15) is 34.2 Å². The Bertz CT molecular complexity index is 1160. The number of primary amides is 1. The Morgan fingerprint density at radius 3 is 2.42 bits per heavy atom. The van der Waals surface area contributed by atoms with Gasteiger partial charge >= 0.3 is 0 Å². The van der Waals surface area contributed by atoms with Gasteiger partial charge in [-0.15, -0.1) is 0 Å². The van der Waals surface area contributed by atoms with Gasteiger partial charge in [-0.2, -0.15) is 0 Å². The van der Waals surface area contributed by atoms with Gasteiger partial charge in [0.2, 0.25) is 5.91 Å². The Balaban J connectivity index is 1.79. The van der Waals surface area contributed by atoms with E-state index in [0.29, 0.717) is 24.3 Å². The van der Waals surface area contributed by atoms with Crippen LogP contribution in [0, 0.1) is 29.6 Å². The van der Waals surface area contributed by atoms with Crippen molar-refractivity contribution in [2.45, 2.75) is 57.6 Å². The number of phenolic OH excluding ortho intramolecular Hbond substituents is 1. The molecule has 0 aliphatic heterocycles. The Morgan fingerprint density at radius 2 is 1.83 bits per heavy atom. The summed E-state index contributed by atoms with van der Waals surface area (Å²) in [5.41, 5.74) is 4.31.